The molecule has 0 radical (unpaired) electrons. The quantitative estimate of drug-likeness (QED) is 0.430. The molecule has 39 heavy (non-hydrogen) atoms. The van der Waals surface area contributed by atoms with E-state index in [9.17, 15) is 4.79 Å². The maximum Gasteiger partial charge on any atom is 0.236 e. The normalized spacial score (nSPS) is 16.8. The lowest BCUT2D eigenvalue weighted by Crippen LogP contribution is -2.46. The van der Waals surface area contributed by atoms with Crippen molar-refractivity contribution in [1.29, 1.82) is 0 Å². The van der Waals surface area contributed by atoms with Crippen molar-refractivity contribution in [2.45, 2.75) is 32.6 Å². The number of likely N-dealkylation sites (tertiary alicyclic amines) is 1. The van der Waals surface area contributed by atoms with Gasteiger partial charge in [0.1, 0.15) is 16.7 Å². The minimum absolute atomic E-state index is 0.160. The highest BCUT2D eigenvalue weighted by Crippen LogP contribution is 2.34. The van der Waals surface area contributed by atoms with Crippen LogP contribution in [0.5, 0.6) is 0 Å². The second-order valence-electron chi connectivity index (χ2n) is 10.1. The van der Waals surface area contributed by atoms with Crippen LogP contribution in [-0.2, 0) is 9.53 Å². The molecule has 2 aromatic heterocycles. The number of anilines is 4. The van der Waals surface area contributed by atoms with E-state index in [1.807, 2.05) is 30.9 Å². The zero-order valence-electron chi connectivity index (χ0n) is 22.2. The van der Waals surface area contributed by atoms with Crippen LogP contribution in [0.1, 0.15) is 35.4 Å². The van der Waals surface area contributed by atoms with E-state index in [0.717, 1.165) is 42.6 Å². The Morgan fingerprint density at radius 2 is 1.87 bits per heavy atom. The summed E-state index contributed by atoms with van der Waals surface area (Å²) in [6, 6.07) is 7.15. The first kappa shape index (κ1) is 27.2. The molecule has 11 heteroatoms. The van der Waals surface area contributed by atoms with Gasteiger partial charge in [-0.3, -0.25) is 9.69 Å². The van der Waals surface area contributed by atoms with Crippen molar-refractivity contribution in [3.05, 3.63) is 64.2 Å². The number of piperidine rings is 1. The Morgan fingerprint density at radius 3 is 2.62 bits per heavy atom. The van der Waals surface area contributed by atoms with Gasteiger partial charge < -0.3 is 20.3 Å². The minimum atomic E-state index is -0.380. The van der Waals surface area contributed by atoms with E-state index in [1.54, 1.807) is 18.3 Å². The predicted octanol–water partition coefficient (Wildman–Crippen LogP) is 4.81. The summed E-state index contributed by atoms with van der Waals surface area (Å²) in [6.45, 7) is 8.69. The molecular weight excluding hydrogens is 521 g/mol. The maximum atomic E-state index is 15.3. The van der Waals surface area contributed by atoms with Crippen LogP contribution >= 0.6 is 11.6 Å². The molecule has 2 N–H and O–H groups in total. The standard InChI is InChI=1S/C28H33ClFN7O2/c1-18-3-6-31-25(13-18)34-27-22(29)16-32-28(35-27)33-24-14-19(2)21(15-23(24)30)20-4-7-37(8-5-20)26(38)17-36-9-11-39-12-10-36/h3,6,13-16,20H,4-5,7-12,17H2,1-2H3,(H2,31,32,33,34,35). The Bertz CT molecular complexity index is 1330. The highest BCUT2D eigenvalue weighted by atomic mass is 35.5. The number of hydrogen-bond acceptors (Lipinski definition) is 8. The smallest absolute Gasteiger partial charge is 0.236 e. The van der Waals surface area contributed by atoms with Crippen LogP contribution < -0.4 is 10.6 Å². The molecule has 2 aliphatic rings. The molecule has 4 heterocycles. The van der Waals surface area contributed by atoms with Crippen LogP contribution in [0.3, 0.4) is 0 Å². The van der Waals surface area contributed by atoms with Crippen molar-refractivity contribution in [3.8, 4) is 0 Å². The molecule has 1 amide bonds. The molecule has 5 rings (SSSR count). The molecule has 3 aromatic rings. The number of hydrogen-bond donors (Lipinski definition) is 2. The first-order chi connectivity index (χ1) is 18.9. The summed E-state index contributed by atoms with van der Waals surface area (Å²) in [6.07, 6.45) is 4.77. The van der Waals surface area contributed by atoms with E-state index < -0.39 is 0 Å². The van der Waals surface area contributed by atoms with Gasteiger partial charge in [-0.2, -0.15) is 4.98 Å². The van der Waals surface area contributed by atoms with Crippen molar-refractivity contribution >= 4 is 40.8 Å². The van der Waals surface area contributed by atoms with Crippen LogP contribution in [0, 0.1) is 19.7 Å². The highest BCUT2D eigenvalue weighted by molar-refractivity contribution is 6.32. The molecular formula is C28H33ClFN7O2. The van der Waals surface area contributed by atoms with Crippen molar-refractivity contribution < 1.29 is 13.9 Å². The molecule has 9 nitrogen and oxygen atoms in total. The fraction of sp³-hybridized carbons (Fsp3) is 0.429. The number of aromatic nitrogens is 3. The summed E-state index contributed by atoms with van der Waals surface area (Å²) in [4.78, 5) is 29.7. The van der Waals surface area contributed by atoms with E-state index in [4.69, 9.17) is 16.3 Å². The molecule has 2 saturated heterocycles. The zero-order valence-corrected chi connectivity index (χ0v) is 23.0. The van der Waals surface area contributed by atoms with Gasteiger partial charge in [-0.25, -0.2) is 14.4 Å². The van der Waals surface area contributed by atoms with Gasteiger partial charge in [0, 0.05) is 32.4 Å². The average Bonchev–Trinajstić information content (AvgIpc) is 2.93. The molecule has 0 atom stereocenters. The third-order valence-electron chi connectivity index (χ3n) is 7.26. The van der Waals surface area contributed by atoms with Gasteiger partial charge in [-0.05, 0) is 73.6 Å². The van der Waals surface area contributed by atoms with Crippen molar-refractivity contribution in [1.82, 2.24) is 24.8 Å². The first-order valence-corrected chi connectivity index (χ1v) is 13.6. The van der Waals surface area contributed by atoms with Gasteiger partial charge in [0.2, 0.25) is 11.9 Å². The SMILES string of the molecule is Cc1ccnc(Nc2nc(Nc3cc(C)c(C4CCN(C(=O)CN5CCOCC5)CC4)cc3F)ncc2Cl)c1. The zero-order chi connectivity index (χ0) is 27.4. The van der Waals surface area contributed by atoms with Gasteiger partial charge >= 0.3 is 0 Å². The Kier molecular flexibility index (Phi) is 8.54. The summed E-state index contributed by atoms with van der Waals surface area (Å²) < 4.78 is 20.6. The molecule has 0 bridgehead atoms. The summed E-state index contributed by atoms with van der Waals surface area (Å²) in [5.74, 6) is 1.17. The van der Waals surface area contributed by atoms with E-state index >= 15 is 4.39 Å². The topological polar surface area (TPSA) is 95.5 Å². The molecule has 2 aliphatic heterocycles. The first-order valence-electron chi connectivity index (χ1n) is 13.2. The number of carbonyl (C=O) groups is 1. The van der Waals surface area contributed by atoms with Crippen LogP contribution in [-0.4, -0.2) is 76.6 Å². The monoisotopic (exact) mass is 553 g/mol. The van der Waals surface area contributed by atoms with Crippen LogP contribution in [0.15, 0.2) is 36.7 Å². The maximum absolute atomic E-state index is 15.3. The van der Waals surface area contributed by atoms with Crippen LogP contribution in [0.2, 0.25) is 5.02 Å². The average molecular weight is 554 g/mol. The number of carbonyl (C=O) groups excluding carboxylic acids is 1. The Balaban J connectivity index is 1.22. The van der Waals surface area contributed by atoms with E-state index in [0.29, 0.717) is 49.5 Å². The van der Waals surface area contributed by atoms with Crippen LogP contribution in [0.4, 0.5) is 27.7 Å². The van der Waals surface area contributed by atoms with Gasteiger partial charge in [0.25, 0.3) is 0 Å². The van der Waals surface area contributed by atoms with Crippen molar-refractivity contribution in [3.63, 3.8) is 0 Å². The Labute approximate surface area is 232 Å². The van der Waals surface area contributed by atoms with Gasteiger partial charge in [-0.15, -0.1) is 0 Å². The number of pyridine rings is 1. The number of morpholine rings is 1. The van der Waals surface area contributed by atoms with Crippen molar-refractivity contribution in [2.75, 3.05) is 56.6 Å². The lowest BCUT2D eigenvalue weighted by Gasteiger charge is -2.35. The largest absolute Gasteiger partial charge is 0.379 e. The van der Waals surface area contributed by atoms with Crippen molar-refractivity contribution in [2.24, 2.45) is 0 Å². The fourth-order valence-electron chi connectivity index (χ4n) is 5.08. The number of ether oxygens (including phenoxy) is 1. The summed E-state index contributed by atoms with van der Waals surface area (Å²) in [7, 11) is 0. The van der Waals surface area contributed by atoms with E-state index in [2.05, 4.69) is 30.5 Å². The second-order valence-corrected chi connectivity index (χ2v) is 10.5. The number of nitrogens with zero attached hydrogens (tertiary/aromatic N) is 5. The third-order valence-corrected chi connectivity index (χ3v) is 7.53. The summed E-state index contributed by atoms with van der Waals surface area (Å²) >= 11 is 6.28. The number of nitrogens with one attached hydrogen (secondary N) is 2. The molecule has 0 saturated carbocycles. The number of amides is 1. The molecule has 0 aliphatic carbocycles. The number of halogens is 2. The van der Waals surface area contributed by atoms with E-state index in [-0.39, 0.29) is 29.3 Å². The van der Waals surface area contributed by atoms with E-state index in [1.165, 1.54) is 6.20 Å². The molecule has 1 aromatic carbocycles. The highest BCUT2D eigenvalue weighted by Gasteiger charge is 2.27. The van der Waals surface area contributed by atoms with Gasteiger partial charge in [-0.1, -0.05) is 11.6 Å². The Hall–Kier alpha value is -3.34. The summed E-state index contributed by atoms with van der Waals surface area (Å²) in [5, 5.41) is 6.40. The lowest BCUT2D eigenvalue weighted by molar-refractivity contribution is -0.134. The number of rotatable bonds is 7. The van der Waals surface area contributed by atoms with Crippen LogP contribution in [0.25, 0.3) is 0 Å². The second kappa shape index (κ2) is 12.2. The Morgan fingerprint density at radius 1 is 1.10 bits per heavy atom. The molecule has 2 fully saturated rings. The molecule has 206 valence electrons. The fourth-order valence-corrected chi connectivity index (χ4v) is 5.22. The summed E-state index contributed by atoms with van der Waals surface area (Å²) in [5.41, 5.74) is 3.28. The van der Waals surface area contributed by atoms with Gasteiger partial charge in [0.05, 0.1) is 31.6 Å². The molecule has 0 spiro atoms. The lowest BCUT2D eigenvalue weighted by atomic mass is 9.86. The van der Waals surface area contributed by atoms with Gasteiger partial charge in [0.15, 0.2) is 5.82 Å². The molecule has 0 unspecified atom stereocenters. The number of aryl methyl sites for hydroxylation is 2. The predicted molar refractivity (Wildman–Crippen MR) is 150 cm³/mol. The number of benzene rings is 1. The third kappa shape index (κ3) is 6.81. The minimum Gasteiger partial charge on any atom is -0.379 e.